The standard InChI is InChI=1S/C30H48F2O7/c1-2-3-18-30(31,32)26(33)17-16-23-22(12-6-4-5-7-13-27(34)35)24(38-28-14-8-10-19-36-28)21-25(23)39-29-15-9-11-20-37-29/h16-17,22-25,28-29H,2-15,18-21H2,1H3,(H,34,35)/b17-16+/t22-,23-,24+,25-,28?,29?/m1/s1. The number of halogens is 2. The first kappa shape index (κ1) is 32.1. The third-order valence-corrected chi connectivity index (χ3v) is 8.15. The maximum absolute atomic E-state index is 14.5. The van der Waals surface area contributed by atoms with Gasteiger partial charge in [-0.3, -0.25) is 9.59 Å². The maximum atomic E-state index is 14.5. The molecule has 3 rings (SSSR count). The van der Waals surface area contributed by atoms with Crippen LogP contribution in [-0.4, -0.2) is 60.8 Å². The molecule has 0 radical (unpaired) electrons. The highest BCUT2D eigenvalue weighted by Crippen LogP contribution is 2.43. The molecule has 1 aliphatic carbocycles. The van der Waals surface area contributed by atoms with Crippen LogP contribution in [0.4, 0.5) is 8.78 Å². The highest BCUT2D eigenvalue weighted by Gasteiger charge is 2.46. The van der Waals surface area contributed by atoms with E-state index in [1.54, 1.807) is 6.08 Å². The number of rotatable bonds is 17. The monoisotopic (exact) mass is 558 g/mol. The normalized spacial score (nSPS) is 30.1. The first-order chi connectivity index (χ1) is 18.8. The summed E-state index contributed by atoms with van der Waals surface area (Å²) >= 11 is 0. The summed E-state index contributed by atoms with van der Waals surface area (Å²) in [6, 6.07) is 0. The van der Waals surface area contributed by atoms with Crippen molar-refractivity contribution < 1.29 is 42.4 Å². The second-order valence-corrected chi connectivity index (χ2v) is 11.3. The van der Waals surface area contributed by atoms with Crippen LogP contribution in [0.5, 0.6) is 0 Å². The van der Waals surface area contributed by atoms with Crippen molar-refractivity contribution >= 4 is 11.8 Å². The van der Waals surface area contributed by atoms with E-state index in [4.69, 9.17) is 24.1 Å². The molecule has 3 fully saturated rings. The molecular formula is C30H48F2O7. The molecule has 1 N–H and O–H groups in total. The number of aliphatic carboxylic acids is 1. The van der Waals surface area contributed by atoms with Crippen LogP contribution in [0.2, 0.25) is 0 Å². The number of carbonyl (C=O) groups excluding carboxylic acids is 1. The minimum Gasteiger partial charge on any atom is -0.481 e. The highest BCUT2D eigenvalue weighted by molar-refractivity contribution is 5.95. The molecule has 1 saturated carbocycles. The molecule has 0 aromatic rings. The molecule has 0 bridgehead atoms. The van der Waals surface area contributed by atoms with Crippen molar-refractivity contribution in [1.82, 2.24) is 0 Å². The molecule has 2 saturated heterocycles. The Bertz CT molecular complexity index is 762. The predicted octanol–water partition coefficient (Wildman–Crippen LogP) is 6.82. The zero-order valence-electron chi connectivity index (χ0n) is 23.5. The molecule has 39 heavy (non-hydrogen) atoms. The number of hydrogen-bond donors (Lipinski definition) is 1. The summed E-state index contributed by atoms with van der Waals surface area (Å²) in [5.74, 6) is -5.62. The van der Waals surface area contributed by atoms with Crippen molar-refractivity contribution in [2.75, 3.05) is 13.2 Å². The van der Waals surface area contributed by atoms with E-state index in [-0.39, 0.29) is 43.0 Å². The van der Waals surface area contributed by atoms with Crippen molar-refractivity contribution in [3.63, 3.8) is 0 Å². The Balaban J connectivity index is 1.74. The van der Waals surface area contributed by atoms with Crippen LogP contribution in [-0.2, 0) is 28.5 Å². The van der Waals surface area contributed by atoms with Crippen LogP contribution in [0.15, 0.2) is 12.2 Å². The number of ether oxygens (including phenoxy) is 4. The topological polar surface area (TPSA) is 91.3 Å². The number of hydrogen-bond acceptors (Lipinski definition) is 6. The van der Waals surface area contributed by atoms with E-state index >= 15 is 0 Å². The minimum absolute atomic E-state index is 0.0306. The fourth-order valence-corrected chi connectivity index (χ4v) is 5.91. The lowest BCUT2D eigenvalue weighted by molar-refractivity contribution is -0.204. The molecule has 6 atom stereocenters. The molecule has 9 heteroatoms. The highest BCUT2D eigenvalue weighted by atomic mass is 19.3. The van der Waals surface area contributed by atoms with Crippen LogP contribution in [0.1, 0.15) is 110 Å². The zero-order valence-corrected chi connectivity index (χ0v) is 23.5. The van der Waals surface area contributed by atoms with Crippen LogP contribution < -0.4 is 0 Å². The Kier molecular flexibility index (Phi) is 13.8. The summed E-state index contributed by atoms with van der Waals surface area (Å²) in [6.45, 7) is 3.12. The maximum Gasteiger partial charge on any atom is 0.309 e. The molecule has 224 valence electrons. The largest absolute Gasteiger partial charge is 0.481 e. The van der Waals surface area contributed by atoms with Crippen molar-refractivity contribution in [2.45, 2.75) is 140 Å². The number of carbonyl (C=O) groups is 2. The van der Waals surface area contributed by atoms with Gasteiger partial charge in [0.1, 0.15) is 0 Å². The number of carboxylic acids is 1. The van der Waals surface area contributed by atoms with Gasteiger partial charge < -0.3 is 24.1 Å². The second kappa shape index (κ2) is 16.7. The molecule has 2 unspecified atom stereocenters. The Morgan fingerprint density at radius 3 is 2.15 bits per heavy atom. The Morgan fingerprint density at radius 2 is 1.56 bits per heavy atom. The lowest BCUT2D eigenvalue weighted by atomic mass is 9.87. The van der Waals surface area contributed by atoms with E-state index < -0.39 is 24.1 Å². The molecular weight excluding hydrogens is 510 g/mol. The van der Waals surface area contributed by atoms with E-state index in [0.29, 0.717) is 38.9 Å². The van der Waals surface area contributed by atoms with E-state index in [1.807, 2.05) is 6.92 Å². The predicted molar refractivity (Wildman–Crippen MR) is 142 cm³/mol. The molecule has 7 nitrogen and oxygen atoms in total. The summed E-state index contributed by atoms with van der Waals surface area (Å²) in [5.41, 5.74) is 0. The van der Waals surface area contributed by atoms with Gasteiger partial charge in [-0.25, -0.2) is 0 Å². The van der Waals surface area contributed by atoms with Crippen LogP contribution in [0.25, 0.3) is 0 Å². The van der Waals surface area contributed by atoms with E-state index in [9.17, 15) is 18.4 Å². The molecule has 2 heterocycles. The van der Waals surface area contributed by atoms with Gasteiger partial charge in [0.15, 0.2) is 12.6 Å². The van der Waals surface area contributed by atoms with E-state index in [0.717, 1.165) is 70.3 Å². The summed E-state index contributed by atoms with van der Waals surface area (Å²) in [4.78, 5) is 23.3. The van der Waals surface area contributed by atoms with Crippen LogP contribution >= 0.6 is 0 Å². The number of ketones is 1. The number of carboxylic acid groups (broad SMARTS) is 1. The fourth-order valence-electron chi connectivity index (χ4n) is 5.91. The average Bonchev–Trinajstić information content (AvgIpc) is 3.23. The SMILES string of the molecule is CCCCC(F)(F)C(=O)/C=C/[C@@H]1[C@@H](CCCCCCC(=O)O)[C@@H](OC2CCCCO2)C[C@H]1OC1CCCCO1. The number of alkyl halides is 2. The quantitative estimate of drug-likeness (QED) is 0.155. The molecule has 0 aromatic heterocycles. The van der Waals surface area contributed by atoms with Gasteiger partial charge in [-0.15, -0.1) is 0 Å². The van der Waals surface area contributed by atoms with Gasteiger partial charge in [0, 0.05) is 38.4 Å². The lowest BCUT2D eigenvalue weighted by Gasteiger charge is -2.30. The Morgan fingerprint density at radius 1 is 0.923 bits per heavy atom. The minimum atomic E-state index is -3.38. The molecule has 3 aliphatic rings. The van der Waals surface area contributed by atoms with Gasteiger partial charge in [-0.05, 0) is 69.8 Å². The summed E-state index contributed by atoms with van der Waals surface area (Å²) in [5, 5.41) is 8.90. The zero-order chi connectivity index (χ0) is 28.1. The third-order valence-electron chi connectivity index (χ3n) is 8.15. The summed E-state index contributed by atoms with van der Waals surface area (Å²) in [6.07, 6.45) is 12.3. The van der Waals surface area contributed by atoms with Crippen LogP contribution in [0, 0.1) is 11.8 Å². The van der Waals surface area contributed by atoms with Crippen molar-refractivity contribution in [3.05, 3.63) is 12.2 Å². The first-order valence-electron chi connectivity index (χ1n) is 15.2. The molecule has 0 spiro atoms. The lowest BCUT2D eigenvalue weighted by Crippen LogP contribution is -2.32. The molecule has 0 amide bonds. The molecule has 2 aliphatic heterocycles. The summed E-state index contributed by atoms with van der Waals surface area (Å²) < 4.78 is 53.5. The van der Waals surface area contributed by atoms with Crippen LogP contribution in [0.3, 0.4) is 0 Å². The number of allylic oxidation sites excluding steroid dienone is 1. The van der Waals surface area contributed by atoms with Gasteiger partial charge in [0.05, 0.1) is 12.2 Å². The fraction of sp³-hybridized carbons (Fsp3) is 0.867. The van der Waals surface area contributed by atoms with E-state index in [2.05, 4.69) is 0 Å². The van der Waals surface area contributed by atoms with Gasteiger partial charge >= 0.3 is 11.9 Å². The average molecular weight is 559 g/mol. The van der Waals surface area contributed by atoms with Gasteiger partial charge in [0.2, 0.25) is 5.78 Å². The van der Waals surface area contributed by atoms with Gasteiger partial charge in [0.25, 0.3) is 0 Å². The van der Waals surface area contributed by atoms with Gasteiger partial charge in [-0.2, -0.15) is 8.78 Å². The Hall–Kier alpha value is -1.42. The van der Waals surface area contributed by atoms with Crippen molar-refractivity contribution in [3.8, 4) is 0 Å². The van der Waals surface area contributed by atoms with Gasteiger partial charge in [-0.1, -0.05) is 38.7 Å². The smallest absolute Gasteiger partial charge is 0.309 e. The first-order valence-corrected chi connectivity index (χ1v) is 15.2. The third kappa shape index (κ3) is 10.8. The summed E-state index contributed by atoms with van der Waals surface area (Å²) in [7, 11) is 0. The van der Waals surface area contributed by atoms with Crippen molar-refractivity contribution in [2.24, 2.45) is 11.8 Å². The second-order valence-electron chi connectivity index (χ2n) is 11.3. The van der Waals surface area contributed by atoms with Crippen molar-refractivity contribution in [1.29, 1.82) is 0 Å². The number of unbranched alkanes of at least 4 members (excludes halogenated alkanes) is 4. The van der Waals surface area contributed by atoms with E-state index in [1.165, 1.54) is 0 Å². The Labute approximate surface area is 232 Å². The molecule has 0 aromatic carbocycles.